The van der Waals surface area contributed by atoms with E-state index in [1.807, 2.05) is 22.8 Å². The van der Waals surface area contributed by atoms with Gasteiger partial charge in [-0.1, -0.05) is 39.0 Å². The molecule has 2 aromatic rings. The van der Waals surface area contributed by atoms with Gasteiger partial charge in [-0.3, -0.25) is 4.57 Å². The quantitative estimate of drug-likeness (QED) is 0.857. The summed E-state index contributed by atoms with van der Waals surface area (Å²) in [5, 5.41) is 7.40. The number of anilines is 1. The normalized spacial score (nSPS) is 19.2. The Kier molecular flexibility index (Phi) is 3.61. The van der Waals surface area contributed by atoms with E-state index < -0.39 is 0 Å². The number of para-hydroxylation sites is 1. The molecule has 0 spiro atoms. The molecular formula is C16H22N4S. The Morgan fingerprint density at radius 1 is 1.24 bits per heavy atom. The van der Waals surface area contributed by atoms with E-state index in [1.165, 1.54) is 6.42 Å². The minimum absolute atomic E-state index is 0.333. The molecule has 1 aliphatic rings. The number of aromatic amines is 1. The van der Waals surface area contributed by atoms with Crippen LogP contribution in [0.25, 0.3) is 5.69 Å². The Bertz CT molecular complexity index is 666. The fourth-order valence-electron chi connectivity index (χ4n) is 2.96. The van der Waals surface area contributed by atoms with Crippen LogP contribution < -0.4 is 4.90 Å². The number of nitrogens with one attached hydrogen (secondary N) is 1. The van der Waals surface area contributed by atoms with Gasteiger partial charge < -0.3 is 4.90 Å². The van der Waals surface area contributed by atoms with Crippen LogP contribution in [0.15, 0.2) is 30.3 Å². The van der Waals surface area contributed by atoms with Gasteiger partial charge in [0.15, 0.2) is 0 Å². The van der Waals surface area contributed by atoms with Gasteiger partial charge in [-0.15, -0.1) is 5.10 Å². The highest BCUT2D eigenvalue weighted by Gasteiger charge is 2.33. The Morgan fingerprint density at radius 3 is 2.57 bits per heavy atom. The average Bonchev–Trinajstić information content (AvgIpc) is 3.05. The lowest BCUT2D eigenvalue weighted by atomic mass is 9.80. The standard InChI is InChI=1S/C16H22N4S/c1-16(2,3)12-9-10-19(11-12)14-17-18-15(21)20(14)13-7-5-4-6-8-13/h4-8,12H,9-11H2,1-3H3,(H,18,21). The zero-order valence-electron chi connectivity index (χ0n) is 12.8. The van der Waals surface area contributed by atoms with Gasteiger partial charge in [-0.2, -0.15) is 0 Å². The Labute approximate surface area is 130 Å². The van der Waals surface area contributed by atoms with Crippen LogP contribution in [0.3, 0.4) is 0 Å². The molecule has 0 saturated carbocycles. The number of hydrogen-bond acceptors (Lipinski definition) is 3. The maximum absolute atomic E-state index is 5.41. The van der Waals surface area contributed by atoms with Crippen molar-refractivity contribution >= 4 is 18.2 Å². The summed E-state index contributed by atoms with van der Waals surface area (Å²) in [6, 6.07) is 10.2. The van der Waals surface area contributed by atoms with E-state index >= 15 is 0 Å². The summed E-state index contributed by atoms with van der Waals surface area (Å²) in [7, 11) is 0. The van der Waals surface area contributed by atoms with Crippen molar-refractivity contribution in [2.45, 2.75) is 27.2 Å². The minimum atomic E-state index is 0.333. The number of H-pyrrole nitrogens is 1. The molecule has 21 heavy (non-hydrogen) atoms. The van der Waals surface area contributed by atoms with E-state index in [0.29, 0.717) is 16.1 Å². The zero-order valence-corrected chi connectivity index (χ0v) is 13.7. The van der Waals surface area contributed by atoms with E-state index in [2.05, 4.69) is 48.0 Å². The Balaban J connectivity index is 1.94. The van der Waals surface area contributed by atoms with Crippen LogP contribution >= 0.6 is 12.2 Å². The number of nitrogens with zero attached hydrogens (tertiary/aromatic N) is 3. The molecule has 0 radical (unpaired) electrons. The lowest BCUT2D eigenvalue weighted by Crippen LogP contribution is -2.27. The van der Waals surface area contributed by atoms with Crippen molar-refractivity contribution in [1.82, 2.24) is 14.8 Å². The first kappa shape index (κ1) is 14.3. The molecule has 1 unspecified atom stereocenters. The van der Waals surface area contributed by atoms with Crippen LogP contribution in [-0.4, -0.2) is 27.9 Å². The highest BCUT2D eigenvalue weighted by atomic mass is 32.1. The van der Waals surface area contributed by atoms with E-state index in [1.54, 1.807) is 0 Å². The fraction of sp³-hybridized carbons (Fsp3) is 0.500. The molecule has 1 fully saturated rings. The predicted octanol–water partition coefficient (Wildman–Crippen LogP) is 3.80. The molecule has 1 aromatic carbocycles. The first-order valence-corrected chi connectivity index (χ1v) is 7.85. The van der Waals surface area contributed by atoms with Crippen molar-refractivity contribution in [2.75, 3.05) is 18.0 Å². The number of hydrogen-bond donors (Lipinski definition) is 1. The molecule has 112 valence electrons. The summed E-state index contributed by atoms with van der Waals surface area (Å²) in [6.07, 6.45) is 1.21. The number of rotatable bonds is 2. The molecule has 2 heterocycles. The molecule has 1 N–H and O–H groups in total. The second-order valence-corrected chi connectivity index (χ2v) is 7.18. The van der Waals surface area contributed by atoms with Crippen LogP contribution in [-0.2, 0) is 0 Å². The SMILES string of the molecule is CC(C)(C)C1CCN(c2n[nH]c(=S)n2-c2ccccc2)C1. The summed E-state index contributed by atoms with van der Waals surface area (Å²) < 4.78 is 2.68. The summed E-state index contributed by atoms with van der Waals surface area (Å²) in [5.74, 6) is 1.62. The molecule has 0 bridgehead atoms. The van der Waals surface area contributed by atoms with Gasteiger partial charge in [0.25, 0.3) is 0 Å². The van der Waals surface area contributed by atoms with Crippen LogP contribution in [0.2, 0.25) is 0 Å². The van der Waals surface area contributed by atoms with Crippen molar-refractivity contribution in [2.24, 2.45) is 11.3 Å². The zero-order chi connectivity index (χ0) is 15.0. The molecule has 3 rings (SSSR count). The van der Waals surface area contributed by atoms with E-state index in [-0.39, 0.29) is 0 Å². The fourth-order valence-corrected chi connectivity index (χ4v) is 3.19. The van der Waals surface area contributed by atoms with Crippen molar-refractivity contribution in [3.8, 4) is 5.69 Å². The lowest BCUT2D eigenvalue weighted by molar-refractivity contribution is 0.263. The lowest BCUT2D eigenvalue weighted by Gasteiger charge is -2.27. The molecule has 1 saturated heterocycles. The Morgan fingerprint density at radius 2 is 1.95 bits per heavy atom. The van der Waals surface area contributed by atoms with Gasteiger partial charge in [-0.05, 0) is 42.1 Å². The molecule has 1 aromatic heterocycles. The predicted molar refractivity (Wildman–Crippen MR) is 88.5 cm³/mol. The monoisotopic (exact) mass is 302 g/mol. The van der Waals surface area contributed by atoms with Crippen molar-refractivity contribution < 1.29 is 0 Å². The van der Waals surface area contributed by atoms with Gasteiger partial charge in [0.2, 0.25) is 10.7 Å². The van der Waals surface area contributed by atoms with E-state index in [4.69, 9.17) is 12.2 Å². The number of aromatic nitrogens is 3. The van der Waals surface area contributed by atoms with Crippen molar-refractivity contribution in [3.63, 3.8) is 0 Å². The van der Waals surface area contributed by atoms with Gasteiger partial charge >= 0.3 is 0 Å². The molecular weight excluding hydrogens is 280 g/mol. The van der Waals surface area contributed by atoms with E-state index in [9.17, 15) is 0 Å². The van der Waals surface area contributed by atoms with Crippen LogP contribution in [0, 0.1) is 16.1 Å². The molecule has 1 atom stereocenters. The third kappa shape index (κ3) is 2.75. The first-order valence-electron chi connectivity index (χ1n) is 7.44. The summed E-state index contributed by atoms with van der Waals surface area (Å²) in [4.78, 5) is 2.34. The molecule has 4 nitrogen and oxygen atoms in total. The maximum atomic E-state index is 5.41. The molecule has 0 aliphatic carbocycles. The largest absolute Gasteiger partial charge is 0.340 e. The van der Waals surface area contributed by atoms with Gasteiger partial charge in [0.05, 0.1) is 5.69 Å². The average molecular weight is 302 g/mol. The minimum Gasteiger partial charge on any atom is -0.340 e. The van der Waals surface area contributed by atoms with Crippen LogP contribution in [0.5, 0.6) is 0 Å². The second kappa shape index (κ2) is 5.30. The molecule has 0 amide bonds. The van der Waals surface area contributed by atoms with Crippen molar-refractivity contribution in [3.05, 3.63) is 35.1 Å². The first-order chi connectivity index (χ1) is 9.97. The highest BCUT2D eigenvalue weighted by molar-refractivity contribution is 7.71. The van der Waals surface area contributed by atoms with Crippen molar-refractivity contribution in [1.29, 1.82) is 0 Å². The van der Waals surface area contributed by atoms with Gasteiger partial charge in [0, 0.05) is 13.1 Å². The van der Waals surface area contributed by atoms with Crippen LogP contribution in [0.4, 0.5) is 5.95 Å². The molecule has 5 heteroatoms. The topological polar surface area (TPSA) is 36.9 Å². The summed E-state index contributed by atoms with van der Waals surface area (Å²) in [5.41, 5.74) is 1.39. The summed E-state index contributed by atoms with van der Waals surface area (Å²) in [6.45, 7) is 9.02. The van der Waals surface area contributed by atoms with Gasteiger partial charge in [0.1, 0.15) is 0 Å². The number of benzene rings is 1. The van der Waals surface area contributed by atoms with Gasteiger partial charge in [-0.25, -0.2) is 5.10 Å². The third-order valence-corrected chi connectivity index (χ3v) is 4.64. The highest BCUT2D eigenvalue weighted by Crippen LogP contribution is 2.35. The smallest absolute Gasteiger partial charge is 0.230 e. The van der Waals surface area contributed by atoms with Crippen LogP contribution in [0.1, 0.15) is 27.2 Å². The Hall–Kier alpha value is -1.62. The van der Waals surface area contributed by atoms with E-state index in [0.717, 1.165) is 24.7 Å². The summed E-state index contributed by atoms with van der Waals surface area (Å²) >= 11 is 5.41. The third-order valence-electron chi connectivity index (χ3n) is 4.36. The second-order valence-electron chi connectivity index (χ2n) is 6.80. The molecule has 1 aliphatic heterocycles. The maximum Gasteiger partial charge on any atom is 0.230 e.